The second-order valence-electron chi connectivity index (χ2n) is 4.42. The highest BCUT2D eigenvalue weighted by Crippen LogP contribution is 2.15. The van der Waals surface area contributed by atoms with Gasteiger partial charge in [0.1, 0.15) is 5.52 Å². The van der Waals surface area contributed by atoms with E-state index in [2.05, 4.69) is 4.98 Å². The number of rotatable bonds is 4. The van der Waals surface area contributed by atoms with Gasteiger partial charge in [-0.25, -0.2) is 4.98 Å². The summed E-state index contributed by atoms with van der Waals surface area (Å²) in [7, 11) is 1.63. The summed E-state index contributed by atoms with van der Waals surface area (Å²) in [5.41, 5.74) is 1.44. The monoisotopic (exact) mass is 260 g/mol. The maximum absolute atomic E-state index is 11.7. The number of para-hydroxylation sites is 2. The van der Waals surface area contributed by atoms with Crippen LogP contribution < -0.4 is 0 Å². The molecule has 0 aliphatic carbocycles. The summed E-state index contributed by atoms with van der Waals surface area (Å²) in [5, 5.41) is 9.20. The molecule has 5 heteroatoms. The highest BCUT2D eigenvalue weighted by Gasteiger charge is 2.08. The Morgan fingerprint density at radius 3 is 2.95 bits per heavy atom. The van der Waals surface area contributed by atoms with Gasteiger partial charge in [-0.2, -0.15) is 0 Å². The Hall–Kier alpha value is -2.14. The SMILES string of the molecule is CC(O)CN(C)C(=O)C=Cc1nc2ccccc2o1. The van der Waals surface area contributed by atoms with Crippen LogP contribution in [0.3, 0.4) is 0 Å². The largest absolute Gasteiger partial charge is 0.437 e. The molecule has 0 bridgehead atoms. The van der Waals surface area contributed by atoms with Crippen LogP contribution in [0.15, 0.2) is 34.8 Å². The van der Waals surface area contributed by atoms with Crippen molar-refractivity contribution in [1.29, 1.82) is 0 Å². The van der Waals surface area contributed by atoms with E-state index in [-0.39, 0.29) is 12.5 Å². The standard InChI is InChI=1S/C14H16N2O3/c1-10(17)9-16(2)14(18)8-7-13-15-11-5-3-4-6-12(11)19-13/h3-8,10,17H,9H2,1-2H3. The highest BCUT2D eigenvalue weighted by atomic mass is 16.3. The molecular weight excluding hydrogens is 244 g/mol. The molecule has 0 saturated heterocycles. The number of oxazole rings is 1. The molecule has 1 unspecified atom stereocenters. The predicted octanol–water partition coefficient (Wildman–Crippen LogP) is 1.68. The van der Waals surface area contributed by atoms with Crippen LogP contribution in [-0.2, 0) is 4.79 Å². The van der Waals surface area contributed by atoms with Crippen molar-refractivity contribution >= 4 is 23.1 Å². The Balaban J connectivity index is 2.07. The van der Waals surface area contributed by atoms with Crippen LogP contribution >= 0.6 is 0 Å². The minimum atomic E-state index is -0.549. The van der Waals surface area contributed by atoms with E-state index in [1.54, 1.807) is 14.0 Å². The number of benzene rings is 1. The van der Waals surface area contributed by atoms with Crippen LogP contribution in [0.5, 0.6) is 0 Å². The molecule has 0 aliphatic rings. The van der Waals surface area contributed by atoms with E-state index >= 15 is 0 Å². The first-order valence-corrected chi connectivity index (χ1v) is 6.03. The fourth-order valence-corrected chi connectivity index (χ4v) is 1.72. The van der Waals surface area contributed by atoms with Gasteiger partial charge < -0.3 is 14.4 Å². The molecule has 1 amide bonds. The molecule has 1 aromatic carbocycles. The number of carbonyl (C=O) groups excluding carboxylic acids is 1. The maximum Gasteiger partial charge on any atom is 0.246 e. The normalized spacial score (nSPS) is 13.0. The number of carbonyl (C=O) groups is 1. The molecule has 5 nitrogen and oxygen atoms in total. The summed E-state index contributed by atoms with van der Waals surface area (Å²) < 4.78 is 5.46. The van der Waals surface area contributed by atoms with Crippen LogP contribution in [0.2, 0.25) is 0 Å². The van der Waals surface area contributed by atoms with Crippen LogP contribution in [0.1, 0.15) is 12.8 Å². The molecule has 100 valence electrons. The van der Waals surface area contributed by atoms with Crippen LogP contribution in [-0.4, -0.2) is 40.6 Å². The first-order chi connectivity index (χ1) is 9.06. The number of hydrogen-bond donors (Lipinski definition) is 1. The molecule has 0 saturated carbocycles. The number of aliphatic hydroxyl groups is 1. The minimum Gasteiger partial charge on any atom is -0.437 e. The van der Waals surface area contributed by atoms with Crippen molar-refractivity contribution in [3.63, 3.8) is 0 Å². The van der Waals surface area contributed by atoms with Gasteiger partial charge in [0.25, 0.3) is 0 Å². The summed E-state index contributed by atoms with van der Waals surface area (Å²) in [6.45, 7) is 1.92. The van der Waals surface area contributed by atoms with E-state index in [4.69, 9.17) is 4.42 Å². The van der Waals surface area contributed by atoms with Crippen molar-refractivity contribution in [3.8, 4) is 0 Å². The number of fused-ring (bicyclic) bond motifs is 1. The molecule has 0 radical (unpaired) electrons. The van der Waals surface area contributed by atoms with Gasteiger partial charge in [0.15, 0.2) is 5.58 Å². The van der Waals surface area contributed by atoms with E-state index in [1.807, 2.05) is 24.3 Å². The van der Waals surface area contributed by atoms with Crippen LogP contribution in [0, 0.1) is 0 Å². The second-order valence-corrected chi connectivity index (χ2v) is 4.42. The average Bonchev–Trinajstić information content (AvgIpc) is 2.77. The van der Waals surface area contributed by atoms with E-state index < -0.39 is 6.10 Å². The molecule has 19 heavy (non-hydrogen) atoms. The topological polar surface area (TPSA) is 66.6 Å². The lowest BCUT2D eigenvalue weighted by atomic mass is 10.3. The zero-order chi connectivity index (χ0) is 13.8. The van der Waals surface area contributed by atoms with Crippen molar-refractivity contribution in [2.45, 2.75) is 13.0 Å². The molecule has 1 atom stereocenters. The molecule has 2 rings (SSSR count). The number of amides is 1. The third-order valence-corrected chi connectivity index (χ3v) is 2.59. The fourth-order valence-electron chi connectivity index (χ4n) is 1.72. The van der Waals surface area contributed by atoms with Gasteiger partial charge in [0.2, 0.25) is 11.8 Å². The van der Waals surface area contributed by atoms with Crippen molar-refractivity contribution in [1.82, 2.24) is 9.88 Å². The lowest BCUT2D eigenvalue weighted by Crippen LogP contribution is -2.31. The third-order valence-electron chi connectivity index (χ3n) is 2.59. The Kier molecular flexibility index (Phi) is 3.97. The quantitative estimate of drug-likeness (QED) is 0.849. The van der Waals surface area contributed by atoms with Crippen LogP contribution in [0.25, 0.3) is 17.2 Å². The van der Waals surface area contributed by atoms with Gasteiger partial charge in [0, 0.05) is 25.7 Å². The van der Waals surface area contributed by atoms with Crippen molar-refractivity contribution < 1.29 is 14.3 Å². The fraction of sp³-hybridized carbons (Fsp3) is 0.286. The molecule has 1 N–H and O–H groups in total. The Morgan fingerprint density at radius 1 is 1.53 bits per heavy atom. The molecule has 0 fully saturated rings. The van der Waals surface area contributed by atoms with Gasteiger partial charge in [-0.3, -0.25) is 4.79 Å². The van der Waals surface area contributed by atoms with E-state index in [9.17, 15) is 9.90 Å². The van der Waals surface area contributed by atoms with Crippen molar-refractivity contribution in [2.75, 3.05) is 13.6 Å². The van der Waals surface area contributed by atoms with Gasteiger partial charge >= 0.3 is 0 Å². The lowest BCUT2D eigenvalue weighted by Gasteiger charge is -2.16. The highest BCUT2D eigenvalue weighted by molar-refractivity contribution is 5.91. The summed E-state index contributed by atoms with van der Waals surface area (Å²) in [6.07, 6.45) is 2.36. The Morgan fingerprint density at radius 2 is 2.26 bits per heavy atom. The maximum atomic E-state index is 11.7. The number of likely N-dealkylation sites (N-methyl/N-ethyl adjacent to an activating group) is 1. The van der Waals surface area contributed by atoms with Crippen molar-refractivity contribution in [3.05, 3.63) is 36.2 Å². The van der Waals surface area contributed by atoms with E-state index in [1.165, 1.54) is 17.1 Å². The predicted molar refractivity (Wildman–Crippen MR) is 72.4 cm³/mol. The zero-order valence-corrected chi connectivity index (χ0v) is 10.9. The van der Waals surface area contributed by atoms with E-state index in [0.29, 0.717) is 11.5 Å². The molecular formula is C14H16N2O3. The Bertz CT molecular complexity index is 569. The number of nitrogens with zero attached hydrogens (tertiary/aromatic N) is 2. The number of hydrogen-bond acceptors (Lipinski definition) is 4. The minimum absolute atomic E-state index is 0.205. The third kappa shape index (κ3) is 3.42. The van der Waals surface area contributed by atoms with Gasteiger partial charge in [-0.1, -0.05) is 12.1 Å². The van der Waals surface area contributed by atoms with Gasteiger partial charge in [0.05, 0.1) is 6.10 Å². The summed E-state index contributed by atoms with van der Waals surface area (Å²) in [5.74, 6) is 0.183. The second kappa shape index (κ2) is 5.67. The molecule has 1 heterocycles. The van der Waals surface area contributed by atoms with Gasteiger partial charge in [-0.15, -0.1) is 0 Å². The lowest BCUT2D eigenvalue weighted by molar-refractivity contribution is -0.125. The summed E-state index contributed by atoms with van der Waals surface area (Å²) >= 11 is 0. The van der Waals surface area contributed by atoms with Gasteiger partial charge in [-0.05, 0) is 19.1 Å². The van der Waals surface area contributed by atoms with E-state index in [0.717, 1.165) is 5.52 Å². The summed E-state index contributed by atoms with van der Waals surface area (Å²) in [6, 6.07) is 7.40. The molecule has 1 aromatic heterocycles. The molecule has 2 aromatic rings. The zero-order valence-electron chi connectivity index (χ0n) is 10.9. The average molecular weight is 260 g/mol. The first-order valence-electron chi connectivity index (χ1n) is 6.03. The first kappa shape index (κ1) is 13.3. The number of aromatic nitrogens is 1. The summed E-state index contributed by atoms with van der Waals surface area (Å²) in [4.78, 5) is 17.4. The van der Waals surface area contributed by atoms with Crippen molar-refractivity contribution in [2.24, 2.45) is 0 Å². The number of aliphatic hydroxyl groups excluding tert-OH is 1. The molecule has 0 aliphatic heterocycles. The molecule has 0 spiro atoms. The smallest absolute Gasteiger partial charge is 0.246 e. The van der Waals surface area contributed by atoms with Crippen LogP contribution in [0.4, 0.5) is 0 Å². The Labute approximate surface area is 111 Å².